The number of furan rings is 1. The second-order valence-corrected chi connectivity index (χ2v) is 9.99. The van der Waals surface area contributed by atoms with Crippen molar-refractivity contribution in [2.24, 2.45) is 0 Å². The van der Waals surface area contributed by atoms with Gasteiger partial charge in [-0.15, -0.1) is 0 Å². The zero-order valence-corrected chi connectivity index (χ0v) is 22.9. The van der Waals surface area contributed by atoms with Gasteiger partial charge < -0.3 is 33.5 Å². The van der Waals surface area contributed by atoms with Gasteiger partial charge in [-0.1, -0.05) is 0 Å². The Morgan fingerprint density at radius 3 is 2.63 bits per heavy atom. The van der Waals surface area contributed by atoms with Crippen LogP contribution in [-0.2, 0) is 30.2 Å². The molecule has 41 heavy (non-hydrogen) atoms. The highest BCUT2D eigenvalue weighted by Crippen LogP contribution is 2.36. The Labute approximate surface area is 233 Å². The summed E-state index contributed by atoms with van der Waals surface area (Å²) < 4.78 is 36.3. The van der Waals surface area contributed by atoms with Gasteiger partial charge in [-0.3, -0.25) is 9.36 Å². The SMILES string of the molecule is COC[C@H]1O[C@@H](n2cnc3c(N)ncnc32)[C@@H](OC(=O)CCc2c(C)oc3cc4oc(=O)cc(C)c4cc23)C1OC. The molecule has 5 aromatic rings. The monoisotopic (exact) mass is 563 g/mol. The van der Waals surface area contributed by atoms with Crippen molar-refractivity contribution in [2.75, 3.05) is 26.6 Å². The van der Waals surface area contributed by atoms with E-state index in [0.717, 1.165) is 21.9 Å². The first kappa shape index (κ1) is 26.9. The fourth-order valence-electron chi connectivity index (χ4n) is 5.53. The van der Waals surface area contributed by atoms with Crippen molar-refractivity contribution in [1.29, 1.82) is 0 Å². The zero-order chi connectivity index (χ0) is 28.8. The number of hydrogen-bond acceptors (Lipinski definition) is 12. The van der Waals surface area contributed by atoms with Crippen LogP contribution in [0.2, 0.25) is 0 Å². The number of benzene rings is 1. The van der Waals surface area contributed by atoms with Crippen molar-refractivity contribution >= 4 is 44.9 Å². The maximum absolute atomic E-state index is 13.3. The number of esters is 1. The Kier molecular flexibility index (Phi) is 6.93. The van der Waals surface area contributed by atoms with Crippen molar-refractivity contribution in [3.63, 3.8) is 0 Å². The molecule has 1 unspecified atom stereocenters. The number of nitrogen functional groups attached to an aromatic ring is 1. The van der Waals surface area contributed by atoms with E-state index in [2.05, 4.69) is 15.0 Å². The first-order valence-electron chi connectivity index (χ1n) is 13.0. The maximum Gasteiger partial charge on any atom is 0.336 e. The number of imidazole rings is 1. The Bertz CT molecular complexity index is 1830. The van der Waals surface area contributed by atoms with Crippen LogP contribution in [0.15, 0.2) is 44.5 Å². The van der Waals surface area contributed by atoms with Gasteiger partial charge in [-0.05, 0) is 31.9 Å². The second kappa shape index (κ2) is 10.6. The van der Waals surface area contributed by atoms with E-state index < -0.39 is 36.1 Å². The molecule has 4 atom stereocenters. The third-order valence-corrected chi connectivity index (χ3v) is 7.46. The largest absolute Gasteiger partial charge is 0.461 e. The quantitative estimate of drug-likeness (QED) is 0.217. The summed E-state index contributed by atoms with van der Waals surface area (Å²) >= 11 is 0. The molecule has 1 aliphatic heterocycles. The summed E-state index contributed by atoms with van der Waals surface area (Å²) in [7, 11) is 3.09. The van der Waals surface area contributed by atoms with Gasteiger partial charge in [0.05, 0.1) is 12.9 Å². The molecule has 13 nitrogen and oxygen atoms in total. The number of rotatable bonds is 8. The van der Waals surface area contributed by atoms with Gasteiger partial charge in [0, 0.05) is 49.1 Å². The summed E-state index contributed by atoms with van der Waals surface area (Å²) in [4.78, 5) is 37.7. The molecular formula is C28H29N5O8. The summed E-state index contributed by atoms with van der Waals surface area (Å²) in [6, 6.07) is 5.08. The Morgan fingerprint density at radius 1 is 1.05 bits per heavy atom. The number of methoxy groups -OCH3 is 2. The average molecular weight is 564 g/mol. The Balaban J connectivity index is 1.26. The van der Waals surface area contributed by atoms with Crippen molar-refractivity contribution in [2.45, 2.75) is 51.2 Å². The molecule has 0 aliphatic carbocycles. The highest BCUT2D eigenvalue weighted by Gasteiger charge is 2.49. The van der Waals surface area contributed by atoms with E-state index in [1.54, 1.807) is 17.7 Å². The minimum atomic E-state index is -0.821. The van der Waals surface area contributed by atoms with E-state index in [0.29, 0.717) is 34.5 Å². The first-order chi connectivity index (χ1) is 19.8. The van der Waals surface area contributed by atoms with E-state index in [1.165, 1.54) is 25.8 Å². The predicted octanol–water partition coefficient (Wildman–Crippen LogP) is 2.98. The molecule has 0 saturated carbocycles. The standard InChI is InChI=1S/C28H29N5O8/c1-13-7-22(35)39-18-9-19-17(8-16(13)18)15(14(2)38-19)5-6-21(34)41-25-24(37-4)20(10-36-3)40-28(25)33-12-32-23-26(29)30-11-31-27(23)33/h7-9,11-12,20,24-25,28H,5-6,10H2,1-4H3,(H2,29,30,31)/t20-,24?,25+,28-/m1/s1. The highest BCUT2D eigenvalue weighted by atomic mass is 16.6. The molecule has 1 aromatic carbocycles. The first-order valence-corrected chi connectivity index (χ1v) is 13.0. The second-order valence-electron chi connectivity index (χ2n) is 9.99. The number of aromatic nitrogens is 4. The van der Waals surface area contributed by atoms with Crippen LogP contribution in [0.5, 0.6) is 0 Å². The topological polar surface area (TPSA) is 167 Å². The van der Waals surface area contributed by atoms with Crippen LogP contribution >= 0.6 is 0 Å². The number of ether oxygens (including phenoxy) is 4. The van der Waals surface area contributed by atoms with Gasteiger partial charge in [0.1, 0.15) is 41.0 Å². The number of hydrogen-bond donors (Lipinski definition) is 1. The summed E-state index contributed by atoms with van der Waals surface area (Å²) in [5.41, 5.74) is 9.10. The number of nitrogens with zero attached hydrogens (tertiary/aromatic N) is 4. The third kappa shape index (κ3) is 4.71. The minimum absolute atomic E-state index is 0.0742. The van der Waals surface area contributed by atoms with Crippen LogP contribution in [-0.4, -0.2) is 64.6 Å². The molecule has 0 spiro atoms. The molecule has 2 N–H and O–H groups in total. The van der Waals surface area contributed by atoms with E-state index in [9.17, 15) is 9.59 Å². The van der Waals surface area contributed by atoms with Gasteiger partial charge in [-0.25, -0.2) is 19.7 Å². The van der Waals surface area contributed by atoms with Gasteiger partial charge in [0.25, 0.3) is 0 Å². The highest BCUT2D eigenvalue weighted by molar-refractivity contribution is 5.96. The maximum atomic E-state index is 13.3. The van der Waals surface area contributed by atoms with Gasteiger partial charge in [0.2, 0.25) is 0 Å². The fraction of sp³-hybridized carbons (Fsp3) is 0.393. The molecule has 13 heteroatoms. The number of fused-ring (bicyclic) bond motifs is 3. The van der Waals surface area contributed by atoms with Crippen molar-refractivity contribution in [3.8, 4) is 0 Å². The molecule has 214 valence electrons. The van der Waals surface area contributed by atoms with Crippen molar-refractivity contribution in [3.05, 3.63) is 58.2 Å². The number of carbonyl (C=O) groups excluding carboxylic acids is 1. The summed E-state index contributed by atoms with van der Waals surface area (Å²) in [6.07, 6.45) is 0.573. The lowest BCUT2D eigenvalue weighted by Crippen LogP contribution is -2.38. The minimum Gasteiger partial charge on any atom is -0.461 e. The van der Waals surface area contributed by atoms with E-state index in [4.69, 9.17) is 33.5 Å². The van der Waals surface area contributed by atoms with Crippen LogP contribution in [0.4, 0.5) is 5.82 Å². The molecule has 1 saturated heterocycles. The lowest BCUT2D eigenvalue weighted by molar-refractivity contribution is -0.159. The van der Waals surface area contributed by atoms with E-state index in [1.807, 2.05) is 19.9 Å². The third-order valence-electron chi connectivity index (χ3n) is 7.46. The average Bonchev–Trinajstić information content (AvgIpc) is 3.59. The van der Waals surface area contributed by atoms with Gasteiger partial charge in [-0.2, -0.15) is 0 Å². The van der Waals surface area contributed by atoms with E-state index in [-0.39, 0.29) is 18.8 Å². The van der Waals surface area contributed by atoms with Crippen LogP contribution in [0.3, 0.4) is 0 Å². The van der Waals surface area contributed by atoms with E-state index >= 15 is 0 Å². The van der Waals surface area contributed by atoms with Gasteiger partial charge in [0.15, 0.2) is 23.8 Å². The Hall–Kier alpha value is -4.33. The molecule has 6 rings (SSSR count). The zero-order valence-electron chi connectivity index (χ0n) is 22.9. The smallest absolute Gasteiger partial charge is 0.336 e. The van der Waals surface area contributed by atoms with Crippen LogP contribution in [0.25, 0.3) is 33.1 Å². The molecule has 4 aromatic heterocycles. The molecule has 1 aliphatic rings. The number of carbonyl (C=O) groups is 1. The van der Waals surface area contributed by atoms with Crippen LogP contribution < -0.4 is 11.4 Å². The number of anilines is 1. The summed E-state index contributed by atoms with van der Waals surface area (Å²) in [5, 5.41) is 1.65. The number of aryl methyl sites for hydroxylation is 3. The van der Waals surface area contributed by atoms with Gasteiger partial charge >= 0.3 is 11.6 Å². The molecule has 1 fully saturated rings. The van der Waals surface area contributed by atoms with Crippen LogP contribution in [0.1, 0.15) is 29.5 Å². The predicted molar refractivity (Wildman–Crippen MR) is 146 cm³/mol. The van der Waals surface area contributed by atoms with Crippen LogP contribution in [0, 0.1) is 13.8 Å². The molecule has 0 radical (unpaired) electrons. The molecule has 5 heterocycles. The normalized spacial score (nSPS) is 20.9. The fourth-order valence-corrected chi connectivity index (χ4v) is 5.53. The Morgan fingerprint density at radius 2 is 1.85 bits per heavy atom. The molecular weight excluding hydrogens is 534 g/mol. The summed E-state index contributed by atoms with van der Waals surface area (Å²) in [6.45, 7) is 3.91. The van der Waals surface area contributed by atoms with Crippen molar-refractivity contribution in [1.82, 2.24) is 19.5 Å². The molecule has 0 bridgehead atoms. The summed E-state index contributed by atoms with van der Waals surface area (Å²) in [5.74, 6) is 0.450. The lowest BCUT2D eigenvalue weighted by atomic mass is 10.0. The molecule has 0 amide bonds. The van der Waals surface area contributed by atoms with Crippen molar-refractivity contribution < 1.29 is 32.6 Å². The number of nitrogens with two attached hydrogens (primary N) is 1. The lowest BCUT2D eigenvalue weighted by Gasteiger charge is -2.23.